The second-order valence-electron chi connectivity index (χ2n) is 18.6. The van der Waals surface area contributed by atoms with E-state index in [1.807, 2.05) is 49.9 Å². The fourth-order valence-electron chi connectivity index (χ4n) is 10.1. The Morgan fingerprint density at radius 3 is 1.72 bits per heavy atom. The smallest absolute Gasteiger partial charge is 0.408 e. The summed E-state index contributed by atoms with van der Waals surface area (Å²) in [7, 11) is 0. The SMILES string of the molecule is CC(C)[C@H](NC(=O)O[C@@H]1CCOC1)C(=O)N1CCC[C@H]1c1ncc(-c2ccc(-c3ccc(-c4cnc([C@H]5[C@H]6CC[C@@H](C6)N5C(=O)[C@H](NC(=O)O[C@H]5CCOC5)C(C)C)[nH]4)cc3)cc2)[nH]1. The van der Waals surface area contributed by atoms with Crippen LogP contribution in [0.4, 0.5) is 9.59 Å². The number of nitrogens with zero attached hydrogens (tertiary/aromatic N) is 4. The Labute approximate surface area is 373 Å². The van der Waals surface area contributed by atoms with Crippen molar-refractivity contribution in [3.8, 4) is 33.6 Å². The van der Waals surface area contributed by atoms with Crippen molar-refractivity contribution >= 4 is 24.0 Å². The number of fused-ring (bicyclic) bond motifs is 2. The summed E-state index contributed by atoms with van der Waals surface area (Å²) >= 11 is 0. The Morgan fingerprint density at radius 1 is 0.672 bits per heavy atom. The number of piperidine rings is 1. The first kappa shape index (κ1) is 43.5. The molecule has 2 bridgehead atoms. The lowest BCUT2D eigenvalue weighted by Crippen LogP contribution is -2.54. The molecule has 6 heterocycles. The number of amides is 4. The maximum absolute atomic E-state index is 14.2. The molecule has 340 valence electrons. The van der Waals surface area contributed by atoms with E-state index < -0.39 is 24.3 Å². The molecule has 0 unspecified atom stereocenters. The molecule has 4 N–H and O–H groups in total. The Morgan fingerprint density at radius 2 is 1.19 bits per heavy atom. The van der Waals surface area contributed by atoms with E-state index in [0.29, 0.717) is 51.7 Å². The predicted octanol–water partition coefficient (Wildman–Crippen LogP) is 6.93. The van der Waals surface area contributed by atoms with Crippen LogP contribution in [0.25, 0.3) is 33.6 Å². The summed E-state index contributed by atoms with van der Waals surface area (Å²) in [5, 5.41) is 5.70. The maximum Gasteiger partial charge on any atom is 0.408 e. The molecule has 64 heavy (non-hydrogen) atoms. The van der Waals surface area contributed by atoms with Gasteiger partial charge in [0.2, 0.25) is 11.8 Å². The quantitative estimate of drug-likeness (QED) is 0.110. The van der Waals surface area contributed by atoms with E-state index >= 15 is 0 Å². The summed E-state index contributed by atoms with van der Waals surface area (Å²) in [5.74, 6) is 1.29. The van der Waals surface area contributed by atoms with E-state index in [1.54, 1.807) is 0 Å². The van der Waals surface area contributed by atoms with Crippen LogP contribution in [-0.4, -0.2) is 117 Å². The number of hydrogen-bond acceptors (Lipinski definition) is 10. The van der Waals surface area contributed by atoms with Crippen molar-refractivity contribution in [2.75, 3.05) is 33.0 Å². The average Bonchev–Trinajstić information content (AvgIpc) is 4.15. The minimum Gasteiger partial charge on any atom is -0.444 e. The first-order valence-corrected chi connectivity index (χ1v) is 23.0. The molecule has 2 aromatic heterocycles. The number of aromatic amines is 2. The summed E-state index contributed by atoms with van der Waals surface area (Å²) in [6.07, 6.45) is 7.71. The summed E-state index contributed by atoms with van der Waals surface area (Å²) in [4.78, 5) is 74.0. The third kappa shape index (κ3) is 9.12. The largest absolute Gasteiger partial charge is 0.444 e. The zero-order valence-corrected chi connectivity index (χ0v) is 37.1. The first-order valence-electron chi connectivity index (χ1n) is 23.0. The molecule has 1 saturated carbocycles. The van der Waals surface area contributed by atoms with Crippen molar-refractivity contribution in [3.05, 3.63) is 72.6 Å². The first-order chi connectivity index (χ1) is 31.0. The maximum atomic E-state index is 14.2. The molecule has 4 aliphatic heterocycles. The van der Waals surface area contributed by atoms with Crippen molar-refractivity contribution in [2.45, 2.75) is 115 Å². The second-order valence-corrected chi connectivity index (χ2v) is 18.6. The number of likely N-dealkylation sites (tertiary alicyclic amines) is 2. The molecule has 16 nitrogen and oxygen atoms in total. The lowest BCUT2D eigenvalue weighted by atomic mass is 9.95. The number of alkyl carbamates (subject to hydrolysis) is 2. The molecule has 4 saturated heterocycles. The lowest BCUT2D eigenvalue weighted by Gasteiger charge is -2.37. The number of hydrogen-bond donors (Lipinski definition) is 4. The summed E-state index contributed by atoms with van der Waals surface area (Å²) in [6, 6.07) is 14.9. The van der Waals surface area contributed by atoms with Gasteiger partial charge >= 0.3 is 12.2 Å². The van der Waals surface area contributed by atoms with Crippen LogP contribution in [0.1, 0.15) is 96.4 Å². The Kier molecular flexibility index (Phi) is 12.8. The van der Waals surface area contributed by atoms with Crippen LogP contribution >= 0.6 is 0 Å². The molecule has 8 atom stereocenters. The number of carbonyl (C=O) groups is 4. The number of benzene rings is 2. The number of ether oxygens (including phenoxy) is 4. The second kappa shape index (κ2) is 18.8. The molecule has 1 aliphatic carbocycles. The highest BCUT2D eigenvalue weighted by molar-refractivity contribution is 5.87. The van der Waals surface area contributed by atoms with Gasteiger partial charge in [-0.15, -0.1) is 0 Å². The zero-order chi connectivity index (χ0) is 44.5. The van der Waals surface area contributed by atoms with E-state index in [2.05, 4.69) is 69.1 Å². The van der Waals surface area contributed by atoms with Gasteiger partial charge in [0.1, 0.15) is 35.9 Å². The average molecular weight is 877 g/mol. The van der Waals surface area contributed by atoms with Crippen molar-refractivity contribution < 1.29 is 38.1 Å². The Hall–Kier alpha value is -5.74. The van der Waals surface area contributed by atoms with Gasteiger partial charge < -0.3 is 49.3 Å². The number of aromatic nitrogens is 4. The Bertz CT molecular complexity index is 2280. The standard InChI is InChI=1S/C48H60N8O8/c1-27(2)40(53-47(59)63-35-17-20-61-25-35)45(57)55-19-5-6-39(55)43-49-23-37(51-43)31-11-7-29(8-12-31)30-9-13-32(14-10-30)38-24-50-44(52-38)42-33-15-16-34(22-33)56(42)46(58)41(28(3)4)54-48(60)64-36-18-21-62-26-36/h7-14,23-24,27-28,33-36,39-42H,5-6,15-22,25-26H2,1-4H3,(H,49,51)(H,50,52)(H,53,59)(H,54,60)/t33-,34-,35+,36-,39-,40-,41+,42+/m0/s1. The summed E-state index contributed by atoms with van der Waals surface area (Å²) < 4.78 is 21.7. The summed E-state index contributed by atoms with van der Waals surface area (Å²) in [5.41, 5.74) is 5.81. The fourth-order valence-corrected chi connectivity index (χ4v) is 10.1. The third-order valence-electron chi connectivity index (χ3n) is 13.6. The van der Waals surface area contributed by atoms with Crippen LogP contribution < -0.4 is 10.6 Å². The van der Waals surface area contributed by atoms with Gasteiger partial charge in [-0.3, -0.25) is 9.59 Å². The molecule has 16 heteroatoms. The number of nitrogens with one attached hydrogen (secondary N) is 4. The van der Waals surface area contributed by atoms with Gasteiger partial charge in [-0.2, -0.15) is 0 Å². The molecule has 9 rings (SSSR count). The van der Waals surface area contributed by atoms with Gasteiger partial charge in [-0.05, 0) is 72.1 Å². The van der Waals surface area contributed by atoms with Crippen LogP contribution in [0, 0.1) is 17.8 Å². The number of rotatable bonds is 13. The molecule has 5 aliphatic rings. The molecule has 0 spiro atoms. The summed E-state index contributed by atoms with van der Waals surface area (Å²) in [6.45, 7) is 10.2. The monoisotopic (exact) mass is 876 g/mol. The van der Waals surface area contributed by atoms with Crippen LogP contribution in [-0.2, 0) is 28.5 Å². The van der Waals surface area contributed by atoms with E-state index in [4.69, 9.17) is 28.9 Å². The molecular weight excluding hydrogens is 817 g/mol. The van der Waals surface area contributed by atoms with Gasteiger partial charge in [0, 0.05) is 25.4 Å². The Balaban J connectivity index is 0.833. The van der Waals surface area contributed by atoms with Crippen LogP contribution in [0.5, 0.6) is 0 Å². The van der Waals surface area contributed by atoms with E-state index in [1.165, 1.54) is 0 Å². The third-order valence-corrected chi connectivity index (χ3v) is 13.6. The highest BCUT2D eigenvalue weighted by Gasteiger charge is 2.51. The molecule has 0 radical (unpaired) electrons. The van der Waals surface area contributed by atoms with Crippen LogP contribution in [0.2, 0.25) is 0 Å². The zero-order valence-electron chi connectivity index (χ0n) is 37.1. The highest BCUT2D eigenvalue weighted by atomic mass is 16.6. The van der Waals surface area contributed by atoms with E-state index in [-0.39, 0.29) is 54.0 Å². The number of carbonyl (C=O) groups excluding carboxylic acids is 4. The predicted molar refractivity (Wildman–Crippen MR) is 236 cm³/mol. The minimum atomic E-state index is -0.720. The molecule has 5 fully saturated rings. The number of imidazole rings is 2. The van der Waals surface area contributed by atoms with E-state index in [9.17, 15) is 19.2 Å². The van der Waals surface area contributed by atoms with Crippen molar-refractivity contribution in [2.24, 2.45) is 17.8 Å². The highest BCUT2D eigenvalue weighted by Crippen LogP contribution is 2.50. The van der Waals surface area contributed by atoms with Crippen LogP contribution in [0.15, 0.2) is 60.9 Å². The normalized spacial score (nSPS) is 25.0. The molecular formula is C48H60N8O8. The van der Waals surface area contributed by atoms with Gasteiger partial charge in [-0.25, -0.2) is 19.6 Å². The van der Waals surface area contributed by atoms with Gasteiger partial charge in [0.25, 0.3) is 0 Å². The van der Waals surface area contributed by atoms with Crippen LogP contribution in [0.3, 0.4) is 0 Å². The fraction of sp³-hybridized carbons (Fsp3) is 0.542. The molecule has 4 aromatic rings. The van der Waals surface area contributed by atoms with Gasteiger partial charge in [0.15, 0.2) is 0 Å². The molecule has 2 aromatic carbocycles. The molecule has 4 amide bonds. The lowest BCUT2D eigenvalue weighted by molar-refractivity contribution is -0.139. The number of H-pyrrole nitrogens is 2. The van der Waals surface area contributed by atoms with Crippen molar-refractivity contribution in [1.82, 2.24) is 40.4 Å². The minimum absolute atomic E-state index is 0.0964. The van der Waals surface area contributed by atoms with Crippen molar-refractivity contribution in [3.63, 3.8) is 0 Å². The van der Waals surface area contributed by atoms with Crippen molar-refractivity contribution in [1.29, 1.82) is 0 Å². The van der Waals surface area contributed by atoms with E-state index in [0.717, 1.165) is 77.4 Å². The van der Waals surface area contributed by atoms with Gasteiger partial charge in [0.05, 0.1) is 62.3 Å². The van der Waals surface area contributed by atoms with Gasteiger partial charge in [-0.1, -0.05) is 76.2 Å². The topological polar surface area (TPSA) is 193 Å².